The number of hydrogen-bond donors (Lipinski definition) is 1. The Morgan fingerprint density at radius 2 is 1.69 bits per heavy atom. The Hall–Kier alpha value is -4.52. The molecular formula is C29H31N3O9S. The summed E-state index contributed by atoms with van der Waals surface area (Å²) in [6, 6.07) is 12.4. The van der Waals surface area contributed by atoms with Crippen LogP contribution in [-0.4, -0.2) is 51.3 Å². The standard InChI is InChI=1S/C29H31N3O9S/c1-29(2)28(33)31(3)27-22(16-40-26-14-17(32(34)35)6-13-24(26)38-4)20(11-12-23(27)30-29)21-10-7-18(15-25(21)39-5)41-42(36,37)19-8-9-19/h6-7,10-15,19,30H,8-9,16H2,1-5H3. The van der Waals surface area contributed by atoms with E-state index < -0.39 is 25.8 Å². The number of likely N-dealkylation sites (N-methyl/N-ethyl adjacent to an activating group) is 1. The van der Waals surface area contributed by atoms with Crippen LogP contribution in [-0.2, 0) is 21.5 Å². The van der Waals surface area contributed by atoms with Crippen LogP contribution in [0.15, 0.2) is 48.5 Å². The van der Waals surface area contributed by atoms with Crippen LogP contribution < -0.4 is 28.6 Å². The molecule has 0 spiro atoms. The summed E-state index contributed by atoms with van der Waals surface area (Å²) in [5, 5.41) is 14.2. The number of fused-ring (bicyclic) bond motifs is 1. The van der Waals surface area contributed by atoms with Gasteiger partial charge in [-0.2, -0.15) is 8.42 Å². The first kappa shape index (κ1) is 29.0. The minimum atomic E-state index is -3.73. The molecular weight excluding hydrogens is 566 g/mol. The maximum Gasteiger partial charge on any atom is 0.312 e. The highest BCUT2D eigenvalue weighted by molar-refractivity contribution is 7.88. The van der Waals surface area contributed by atoms with E-state index in [0.29, 0.717) is 52.4 Å². The monoisotopic (exact) mass is 597 g/mol. The smallest absolute Gasteiger partial charge is 0.312 e. The Kier molecular flexibility index (Phi) is 7.39. The molecule has 3 aromatic carbocycles. The predicted octanol–water partition coefficient (Wildman–Crippen LogP) is 4.90. The maximum atomic E-state index is 13.3. The number of benzene rings is 3. The molecule has 5 rings (SSSR count). The van der Waals surface area contributed by atoms with Gasteiger partial charge in [-0.05, 0) is 56.5 Å². The first-order chi connectivity index (χ1) is 19.9. The van der Waals surface area contributed by atoms with Crippen molar-refractivity contribution in [2.24, 2.45) is 0 Å². The van der Waals surface area contributed by atoms with Crippen LogP contribution in [0, 0.1) is 10.1 Å². The third-order valence-electron chi connectivity index (χ3n) is 7.24. The zero-order chi connectivity index (χ0) is 30.4. The van der Waals surface area contributed by atoms with Gasteiger partial charge in [0.15, 0.2) is 11.5 Å². The van der Waals surface area contributed by atoms with Gasteiger partial charge in [-0.1, -0.05) is 6.07 Å². The minimum absolute atomic E-state index is 0.104. The molecule has 1 heterocycles. The maximum absolute atomic E-state index is 13.3. The molecule has 0 unspecified atom stereocenters. The lowest BCUT2D eigenvalue weighted by Crippen LogP contribution is -2.52. The summed E-state index contributed by atoms with van der Waals surface area (Å²) in [5.41, 5.74) is 2.01. The van der Waals surface area contributed by atoms with Crippen molar-refractivity contribution >= 4 is 33.1 Å². The minimum Gasteiger partial charge on any atom is -0.496 e. The number of rotatable bonds is 10. The van der Waals surface area contributed by atoms with Gasteiger partial charge in [-0.25, -0.2) is 0 Å². The number of amides is 1. The SMILES string of the molecule is COc1ccc([N+](=O)[O-])cc1OCc1c(-c2ccc(OS(=O)(=O)C3CC3)cc2OC)ccc2c1N(C)C(=O)C(C)(C)N2. The van der Waals surface area contributed by atoms with E-state index in [1.807, 2.05) is 12.1 Å². The van der Waals surface area contributed by atoms with Crippen molar-refractivity contribution in [2.75, 3.05) is 31.5 Å². The molecule has 1 N–H and O–H groups in total. The quantitative estimate of drug-likeness (QED) is 0.195. The van der Waals surface area contributed by atoms with Gasteiger partial charge >= 0.3 is 10.1 Å². The van der Waals surface area contributed by atoms with Crippen molar-refractivity contribution in [2.45, 2.75) is 44.1 Å². The zero-order valence-electron chi connectivity index (χ0n) is 23.8. The van der Waals surface area contributed by atoms with E-state index in [4.69, 9.17) is 18.4 Å². The molecule has 1 saturated carbocycles. The lowest BCUT2D eigenvalue weighted by atomic mass is 9.91. The van der Waals surface area contributed by atoms with Crippen molar-refractivity contribution in [1.82, 2.24) is 0 Å². The largest absolute Gasteiger partial charge is 0.496 e. The zero-order valence-corrected chi connectivity index (χ0v) is 24.6. The Balaban J connectivity index is 1.62. The molecule has 1 amide bonds. The van der Waals surface area contributed by atoms with Crippen LogP contribution >= 0.6 is 0 Å². The van der Waals surface area contributed by atoms with Gasteiger partial charge < -0.3 is 28.6 Å². The summed E-state index contributed by atoms with van der Waals surface area (Å²) in [6.45, 7) is 3.46. The lowest BCUT2D eigenvalue weighted by Gasteiger charge is -2.39. The first-order valence-electron chi connectivity index (χ1n) is 13.2. The van der Waals surface area contributed by atoms with E-state index in [0.717, 1.165) is 0 Å². The number of ether oxygens (including phenoxy) is 3. The van der Waals surface area contributed by atoms with Crippen LogP contribution in [0.25, 0.3) is 11.1 Å². The molecule has 1 aliphatic carbocycles. The number of nitro benzene ring substituents is 1. The molecule has 3 aromatic rings. The normalized spacial score (nSPS) is 15.8. The Morgan fingerprint density at radius 3 is 2.33 bits per heavy atom. The highest BCUT2D eigenvalue weighted by Gasteiger charge is 2.39. The molecule has 12 nitrogen and oxygen atoms in total. The van der Waals surface area contributed by atoms with E-state index >= 15 is 0 Å². The van der Waals surface area contributed by atoms with Gasteiger partial charge in [-0.15, -0.1) is 0 Å². The Labute approximate surface area is 243 Å². The molecule has 13 heteroatoms. The molecule has 0 radical (unpaired) electrons. The van der Waals surface area contributed by atoms with Crippen LogP contribution in [0.3, 0.4) is 0 Å². The van der Waals surface area contributed by atoms with Crippen molar-refractivity contribution in [3.8, 4) is 34.1 Å². The molecule has 0 atom stereocenters. The molecule has 42 heavy (non-hydrogen) atoms. The van der Waals surface area contributed by atoms with Gasteiger partial charge in [0.25, 0.3) is 11.6 Å². The van der Waals surface area contributed by atoms with Crippen molar-refractivity contribution in [1.29, 1.82) is 0 Å². The number of carbonyl (C=O) groups is 1. The fraction of sp³-hybridized carbons (Fsp3) is 0.345. The number of nitrogens with one attached hydrogen (secondary N) is 1. The third-order valence-corrected chi connectivity index (χ3v) is 8.96. The molecule has 222 valence electrons. The number of nitrogens with zero attached hydrogens (tertiary/aromatic N) is 2. The van der Waals surface area contributed by atoms with E-state index in [1.54, 1.807) is 37.9 Å². The number of methoxy groups -OCH3 is 2. The number of anilines is 2. The van der Waals surface area contributed by atoms with Gasteiger partial charge in [0.2, 0.25) is 0 Å². The van der Waals surface area contributed by atoms with Crippen LogP contribution in [0.1, 0.15) is 32.3 Å². The third kappa shape index (κ3) is 5.39. The molecule has 1 fully saturated rings. The molecule has 0 aromatic heterocycles. The number of non-ortho nitro benzene ring substituents is 1. The molecule has 2 aliphatic rings. The topological polar surface area (TPSA) is 147 Å². The second-order valence-electron chi connectivity index (χ2n) is 10.6. The molecule has 0 bridgehead atoms. The average Bonchev–Trinajstić information content (AvgIpc) is 3.81. The summed E-state index contributed by atoms with van der Waals surface area (Å²) in [7, 11) is 0.827. The molecule has 1 aliphatic heterocycles. The van der Waals surface area contributed by atoms with Crippen LogP contribution in [0.5, 0.6) is 23.0 Å². The van der Waals surface area contributed by atoms with E-state index in [1.165, 1.54) is 38.5 Å². The van der Waals surface area contributed by atoms with E-state index in [2.05, 4.69) is 5.32 Å². The number of hydrogen-bond acceptors (Lipinski definition) is 10. The highest BCUT2D eigenvalue weighted by atomic mass is 32.2. The predicted molar refractivity (Wildman–Crippen MR) is 156 cm³/mol. The van der Waals surface area contributed by atoms with Gasteiger partial charge in [0.1, 0.15) is 23.6 Å². The second-order valence-corrected chi connectivity index (χ2v) is 12.4. The number of nitro groups is 1. The summed E-state index contributed by atoms with van der Waals surface area (Å²) < 4.78 is 47.3. The fourth-order valence-corrected chi connectivity index (χ4v) is 6.20. The first-order valence-corrected chi connectivity index (χ1v) is 14.6. The average molecular weight is 598 g/mol. The van der Waals surface area contributed by atoms with E-state index in [-0.39, 0.29) is 29.7 Å². The summed E-state index contributed by atoms with van der Waals surface area (Å²) >= 11 is 0. The van der Waals surface area contributed by atoms with Gasteiger partial charge in [0.05, 0.1) is 41.8 Å². The van der Waals surface area contributed by atoms with Crippen molar-refractivity contribution in [3.63, 3.8) is 0 Å². The van der Waals surface area contributed by atoms with Crippen molar-refractivity contribution < 1.29 is 36.5 Å². The second kappa shape index (κ2) is 10.7. The van der Waals surface area contributed by atoms with E-state index in [9.17, 15) is 23.3 Å². The highest BCUT2D eigenvalue weighted by Crippen LogP contribution is 2.45. The summed E-state index contributed by atoms with van der Waals surface area (Å²) in [6.07, 6.45) is 1.14. The fourth-order valence-electron chi connectivity index (χ4n) is 4.98. The van der Waals surface area contributed by atoms with Crippen LogP contribution in [0.4, 0.5) is 17.1 Å². The Morgan fingerprint density at radius 1 is 1.00 bits per heavy atom. The summed E-state index contributed by atoms with van der Waals surface area (Å²) in [5.74, 6) is 0.726. The van der Waals surface area contributed by atoms with Gasteiger partial charge in [0, 0.05) is 30.3 Å². The number of carbonyl (C=O) groups excluding carboxylic acids is 1. The molecule has 0 saturated heterocycles. The Bertz CT molecular complexity index is 1680. The van der Waals surface area contributed by atoms with Crippen molar-refractivity contribution in [3.05, 3.63) is 64.2 Å². The van der Waals surface area contributed by atoms with Gasteiger partial charge in [-0.3, -0.25) is 14.9 Å². The lowest BCUT2D eigenvalue weighted by molar-refractivity contribution is -0.385. The van der Waals surface area contributed by atoms with Crippen LogP contribution in [0.2, 0.25) is 0 Å². The summed E-state index contributed by atoms with van der Waals surface area (Å²) in [4.78, 5) is 25.7.